The minimum atomic E-state index is 0.342. The van der Waals surface area contributed by atoms with Gasteiger partial charge >= 0.3 is 0 Å². The Kier molecular flexibility index (Phi) is 5.70. The molecule has 0 aromatic rings. The summed E-state index contributed by atoms with van der Waals surface area (Å²) in [5.74, 6) is 0.774. The summed E-state index contributed by atoms with van der Waals surface area (Å²) >= 11 is 0. The molecule has 0 spiro atoms. The van der Waals surface area contributed by atoms with Gasteiger partial charge in [0.15, 0.2) is 0 Å². The van der Waals surface area contributed by atoms with E-state index in [-0.39, 0.29) is 0 Å². The highest BCUT2D eigenvalue weighted by atomic mass is 16.2. The van der Waals surface area contributed by atoms with Gasteiger partial charge < -0.3 is 5.11 Å². The van der Waals surface area contributed by atoms with Crippen molar-refractivity contribution in [2.75, 3.05) is 0 Å². The standard InChI is InChI=1S/C26H36O/c1-7-20-9-8-10-21(13-20)18(3)19(4)23-14-22-11-12-26(5,6)15-24(22)25(23)17(2)16-27/h8-10,16,19,21,27H,3,7,11-15H2,1-2,4-6H3/b17-16-. The highest BCUT2D eigenvalue weighted by Gasteiger charge is 2.36. The van der Waals surface area contributed by atoms with E-state index in [0.717, 1.165) is 31.3 Å². The Morgan fingerprint density at radius 2 is 2.15 bits per heavy atom. The monoisotopic (exact) mass is 364 g/mol. The minimum Gasteiger partial charge on any atom is -0.515 e. The third-order valence-electron chi connectivity index (χ3n) is 6.97. The zero-order valence-electron chi connectivity index (χ0n) is 17.9. The summed E-state index contributed by atoms with van der Waals surface area (Å²) in [5.41, 5.74) is 10.1. The number of aliphatic hydroxyl groups is 1. The second-order valence-electron chi connectivity index (χ2n) is 9.48. The van der Waals surface area contributed by atoms with E-state index in [0.29, 0.717) is 17.3 Å². The Labute approximate surface area is 166 Å². The van der Waals surface area contributed by atoms with Gasteiger partial charge in [0, 0.05) is 5.92 Å². The van der Waals surface area contributed by atoms with Crippen molar-refractivity contribution in [1.82, 2.24) is 0 Å². The molecule has 2 unspecified atom stereocenters. The van der Waals surface area contributed by atoms with Crippen molar-refractivity contribution in [1.29, 1.82) is 0 Å². The second-order valence-corrected chi connectivity index (χ2v) is 9.48. The smallest absolute Gasteiger partial charge is 0.0826 e. The van der Waals surface area contributed by atoms with Gasteiger partial charge in [-0.05, 0) is 73.5 Å². The molecule has 0 saturated carbocycles. The van der Waals surface area contributed by atoms with Gasteiger partial charge in [-0.15, -0.1) is 0 Å². The minimum absolute atomic E-state index is 0.342. The Morgan fingerprint density at radius 1 is 1.41 bits per heavy atom. The molecule has 3 aliphatic carbocycles. The van der Waals surface area contributed by atoms with Crippen LogP contribution in [0.4, 0.5) is 0 Å². The van der Waals surface area contributed by atoms with Crippen molar-refractivity contribution in [3.63, 3.8) is 0 Å². The lowest BCUT2D eigenvalue weighted by atomic mass is 9.73. The van der Waals surface area contributed by atoms with Crippen LogP contribution >= 0.6 is 0 Å². The number of rotatable bonds is 5. The molecule has 3 rings (SSSR count). The molecule has 0 amide bonds. The quantitative estimate of drug-likeness (QED) is 0.390. The Balaban J connectivity index is 1.91. The van der Waals surface area contributed by atoms with E-state index in [1.165, 1.54) is 47.0 Å². The third-order valence-corrected chi connectivity index (χ3v) is 6.97. The van der Waals surface area contributed by atoms with Crippen molar-refractivity contribution in [3.8, 4) is 0 Å². The van der Waals surface area contributed by atoms with Crippen LogP contribution in [0.2, 0.25) is 0 Å². The molecule has 0 aliphatic heterocycles. The van der Waals surface area contributed by atoms with Gasteiger partial charge in [0.05, 0.1) is 6.26 Å². The maximum absolute atomic E-state index is 9.81. The lowest BCUT2D eigenvalue weighted by molar-refractivity contribution is 0.316. The third kappa shape index (κ3) is 3.93. The molecule has 1 heteroatoms. The van der Waals surface area contributed by atoms with E-state index >= 15 is 0 Å². The molecule has 146 valence electrons. The van der Waals surface area contributed by atoms with E-state index in [2.05, 4.69) is 59.4 Å². The molecule has 1 N–H and O–H groups in total. The maximum Gasteiger partial charge on any atom is 0.0826 e. The molecule has 0 aromatic carbocycles. The second kappa shape index (κ2) is 7.70. The summed E-state index contributed by atoms with van der Waals surface area (Å²) in [6, 6.07) is 0. The van der Waals surface area contributed by atoms with Crippen LogP contribution in [0.3, 0.4) is 0 Å². The summed E-state index contributed by atoms with van der Waals surface area (Å²) in [5, 5.41) is 9.81. The number of aliphatic hydroxyl groups excluding tert-OH is 1. The fourth-order valence-electron chi connectivity index (χ4n) is 5.04. The number of hydrogen-bond donors (Lipinski definition) is 1. The average molecular weight is 365 g/mol. The van der Waals surface area contributed by atoms with Gasteiger partial charge in [-0.2, -0.15) is 0 Å². The van der Waals surface area contributed by atoms with Crippen LogP contribution in [0.15, 0.2) is 70.1 Å². The van der Waals surface area contributed by atoms with Crippen molar-refractivity contribution in [2.24, 2.45) is 17.3 Å². The Morgan fingerprint density at radius 3 is 2.81 bits per heavy atom. The molecular formula is C26H36O. The van der Waals surface area contributed by atoms with Crippen molar-refractivity contribution in [3.05, 3.63) is 70.1 Å². The normalized spacial score (nSPS) is 26.2. The van der Waals surface area contributed by atoms with E-state index in [1.54, 1.807) is 5.57 Å². The SMILES string of the molecule is C=C(C1C=CC=C(CC)C1)C(C)C1=C(/C(C)=C\O)C2=C(CCC(C)(C)C2)C1. The van der Waals surface area contributed by atoms with Crippen molar-refractivity contribution >= 4 is 0 Å². The van der Waals surface area contributed by atoms with Crippen LogP contribution in [0, 0.1) is 17.3 Å². The van der Waals surface area contributed by atoms with Gasteiger partial charge in [-0.25, -0.2) is 0 Å². The summed E-state index contributed by atoms with van der Waals surface area (Å²) in [7, 11) is 0. The number of hydrogen-bond acceptors (Lipinski definition) is 1. The van der Waals surface area contributed by atoms with E-state index in [4.69, 9.17) is 0 Å². The van der Waals surface area contributed by atoms with Gasteiger partial charge in [0.25, 0.3) is 0 Å². The Hall–Kier alpha value is -1.76. The van der Waals surface area contributed by atoms with E-state index < -0.39 is 0 Å². The zero-order chi connectivity index (χ0) is 19.8. The summed E-state index contributed by atoms with van der Waals surface area (Å²) in [6.45, 7) is 15.9. The summed E-state index contributed by atoms with van der Waals surface area (Å²) in [4.78, 5) is 0. The molecule has 1 nitrogen and oxygen atoms in total. The van der Waals surface area contributed by atoms with Crippen LogP contribution in [0.25, 0.3) is 0 Å². The first-order chi connectivity index (χ1) is 12.8. The molecule has 0 saturated heterocycles. The van der Waals surface area contributed by atoms with Gasteiger partial charge in [-0.1, -0.05) is 74.8 Å². The molecule has 2 atom stereocenters. The first kappa shape index (κ1) is 20.0. The topological polar surface area (TPSA) is 20.2 Å². The lowest BCUT2D eigenvalue weighted by Crippen LogP contribution is -2.18. The zero-order valence-corrected chi connectivity index (χ0v) is 17.9. The Bertz CT molecular complexity index is 779. The molecule has 0 aromatic heterocycles. The highest BCUT2D eigenvalue weighted by Crippen LogP contribution is 2.52. The predicted molar refractivity (Wildman–Crippen MR) is 117 cm³/mol. The van der Waals surface area contributed by atoms with Crippen molar-refractivity contribution < 1.29 is 5.11 Å². The maximum atomic E-state index is 9.81. The highest BCUT2D eigenvalue weighted by molar-refractivity contribution is 5.59. The van der Waals surface area contributed by atoms with Crippen LogP contribution in [-0.2, 0) is 0 Å². The fraction of sp³-hybridized carbons (Fsp3) is 0.538. The van der Waals surface area contributed by atoms with Gasteiger partial charge in [0.1, 0.15) is 0 Å². The fourth-order valence-corrected chi connectivity index (χ4v) is 5.04. The number of allylic oxidation sites excluding steroid dienone is 10. The van der Waals surface area contributed by atoms with Gasteiger partial charge in [-0.3, -0.25) is 0 Å². The largest absolute Gasteiger partial charge is 0.515 e. The van der Waals surface area contributed by atoms with Gasteiger partial charge in [0.2, 0.25) is 0 Å². The average Bonchev–Trinajstić information content (AvgIpc) is 3.03. The van der Waals surface area contributed by atoms with Crippen LogP contribution in [-0.4, -0.2) is 5.11 Å². The van der Waals surface area contributed by atoms with Crippen molar-refractivity contribution in [2.45, 2.75) is 73.1 Å². The molecule has 0 bridgehead atoms. The molecule has 0 heterocycles. The summed E-state index contributed by atoms with van der Waals surface area (Å²) < 4.78 is 0. The van der Waals surface area contributed by atoms with E-state index in [1.807, 2.05) is 0 Å². The van der Waals surface area contributed by atoms with Crippen LogP contribution in [0.1, 0.15) is 73.1 Å². The lowest BCUT2D eigenvalue weighted by Gasteiger charge is -2.32. The molecule has 0 radical (unpaired) electrons. The predicted octanol–water partition coefficient (Wildman–Crippen LogP) is 7.76. The van der Waals surface area contributed by atoms with Crippen LogP contribution < -0.4 is 0 Å². The van der Waals surface area contributed by atoms with E-state index in [9.17, 15) is 5.11 Å². The molecule has 27 heavy (non-hydrogen) atoms. The molecular weight excluding hydrogens is 328 g/mol. The first-order valence-corrected chi connectivity index (χ1v) is 10.6. The first-order valence-electron chi connectivity index (χ1n) is 10.6. The van der Waals surface area contributed by atoms with Crippen LogP contribution in [0.5, 0.6) is 0 Å². The summed E-state index contributed by atoms with van der Waals surface area (Å²) in [6.07, 6.45) is 15.0. The molecule has 3 aliphatic rings. The molecule has 0 fully saturated rings.